The fourth-order valence-electron chi connectivity index (χ4n) is 1.10. The molecule has 0 spiro atoms. The number of aromatic nitrogens is 1. The molecular weight excluding hydrogens is 311 g/mol. The number of hydrogen-bond donors (Lipinski definition) is 1. The Bertz CT molecular complexity index is 481. The van der Waals surface area contributed by atoms with Crippen LogP contribution < -0.4 is 4.72 Å². The highest BCUT2D eigenvalue weighted by molar-refractivity contribution is 9.09. The SMILES string of the molecule is CC(CBr)C(C)NS(=O)(=O)c1cncc(F)c1. The molecule has 1 N–H and O–H groups in total. The van der Waals surface area contributed by atoms with Crippen molar-refractivity contribution in [2.24, 2.45) is 5.92 Å². The van der Waals surface area contributed by atoms with Crippen molar-refractivity contribution >= 4 is 26.0 Å². The molecule has 0 bridgehead atoms. The van der Waals surface area contributed by atoms with E-state index >= 15 is 0 Å². The molecule has 0 aromatic carbocycles. The zero-order valence-corrected chi connectivity index (χ0v) is 11.9. The average molecular weight is 325 g/mol. The highest BCUT2D eigenvalue weighted by atomic mass is 79.9. The van der Waals surface area contributed by atoms with Gasteiger partial charge in [0.05, 0.1) is 6.20 Å². The second-order valence-electron chi connectivity index (χ2n) is 3.88. The number of nitrogens with zero attached hydrogens (tertiary/aromatic N) is 1. The summed E-state index contributed by atoms with van der Waals surface area (Å²) in [6.45, 7) is 3.67. The van der Waals surface area contributed by atoms with E-state index in [0.717, 1.165) is 18.5 Å². The number of halogens is 2. The van der Waals surface area contributed by atoms with Crippen molar-refractivity contribution in [1.82, 2.24) is 9.71 Å². The first-order valence-electron chi connectivity index (χ1n) is 5.05. The molecule has 0 saturated heterocycles. The maximum Gasteiger partial charge on any atom is 0.242 e. The second-order valence-corrected chi connectivity index (χ2v) is 6.24. The van der Waals surface area contributed by atoms with Crippen molar-refractivity contribution in [2.75, 3.05) is 5.33 Å². The topological polar surface area (TPSA) is 59.1 Å². The lowest BCUT2D eigenvalue weighted by Crippen LogP contribution is -2.37. The Morgan fingerprint density at radius 2 is 2.12 bits per heavy atom. The van der Waals surface area contributed by atoms with Crippen LogP contribution in [-0.4, -0.2) is 24.8 Å². The molecule has 4 nitrogen and oxygen atoms in total. The summed E-state index contributed by atoms with van der Waals surface area (Å²) in [4.78, 5) is 3.36. The standard InChI is InChI=1S/C10H14BrFN2O2S/c1-7(4-11)8(2)14-17(15,16)10-3-9(12)5-13-6-10/h3,5-8,14H,4H2,1-2H3. The van der Waals surface area contributed by atoms with Crippen LogP contribution in [0.3, 0.4) is 0 Å². The summed E-state index contributed by atoms with van der Waals surface area (Å²) in [6.07, 6.45) is 2.08. The van der Waals surface area contributed by atoms with Crippen molar-refractivity contribution in [2.45, 2.75) is 24.8 Å². The first-order chi connectivity index (χ1) is 7.86. The van der Waals surface area contributed by atoms with E-state index in [2.05, 4.69) is 25.6 Å². The van der Waals surface area contributed by atoms with Crippen LogP contribution in [0.1, 0.15) is 13.8 Å². The maximum absolute atomic E-state index is 12.9. The van der Waals surface area contributed by atoms with Crippen LogP contribution in [0.25, 0.3) is 0 Å². The number of pyridine rings is 1. The Kier molecular flexibility index (Phi) is 5.03. The summed E-state index contributed by atoms with van der Waals surface area (Å²) in [5, 5.41) is 0.679. The predicted molar refractivity (Wildman–Crippen MR) is 66.9 cm³/mol. The first kappa shape index (κ1) is 14.5. The molecule has 7 heteroatoms. The van der Waals surface area contributed by atoms with Crippen LogP contribution in [-0.2, 0) is 10.0 Å². The van der Waals surface area contributed by atoms with E-state index in [0.29, 0.717) is 5.33 Å². The molecule has 1 rings (SSSR count). The van der Waals surface area contributed by atoms with Gasteiger partial charge in [-0.1, -0.05) is 22.9 Å². The molecule has 17 heavy (non-hydrogen) atoms. The van der Waals surface area contributed by atoms with Gasteiger partial charge < -0.3 is 0 Å². The third-order valence-corrected chi connectivity index (χ3v) is 4.98. The van der Waals surface area contributed by atoms with Crippen molar-refractivity contribution in [3.05, 3.63) is 24.3 Å². The van der Waals surface area contributed by atoms with Gasteiger partial charge in [0.2, 0.25) is 10.0 Å². The minimum Gasteiger partial charge on any atom is -0.260 e. The highest BCUT2D eigenvalue weighted by Gasteiger charge is 2.21. The average Bonchev–Trinajstić information content (AvgIpc) is 2.27. The Labute approximate surface area is 109 Å². The van der Waals surface area contributed by atoms with Gasteiger partial charge in [0, 0.05) is 17.6 Å². The minimum atomic E-state index is -3.71. The summed E-state index contributed by atoms with van der Waals surface area (Å²) in [5.41, 5.74) is 0. The monoisotopic (exact) mass is 324 g/mol. The zero-order chi connectivity index (χ0) is 13.1. The number of rotatable bonds is 5. The van der Waals surface area contributed by atoms with E-state index in [1.807, 2.05) is 6.92 Å². The quantitative estimate of drug-likeness (QED) is 0.842. The van der Waals surface area contributed by atoms with Crippen LogP contribution in [0.5, 0.6) is 0 Å². The summed E-state index contributed by atoms with van der Waals surface area (Å²) in [6, 6.07) is 0.698. The smallest absolute Gasteiger partial charge is 0.242 e. The van der Waals surface area contributed by atoms with Crippen molar-refractivity contribution < 1.29 is 12.8 Å². The zero-order valence-electron chi connectivity index (χ0n) is 9.52. The summed E-state index contributed by atoms with van der Waals surface area (Å²) in [5.74, 6) is -0.541. The lowest BCUT2D eigenvalue weighted by molar-refractivity contribution is 0.483. The number of hydrogen-bond acceptors (Lipinski definition) is 3. The molecule has 0 aliphatic rings. The van der Waals surface area contributed by atoms with Gasteiger partial charge in [-0.3, -0.25) is 4.98 Å². The number of alkyl halides is 1. The molecule has 1 aromatic rings. The van der Waals surface area contributed by atoms with Gasteiger partial charge in [-0.25, -0.2) is 17.5 Å². The molecule has 1 heterocycles. The van der Waals surface area contributed by atoms with Gasteiger partial charge in [0.15, 0.2) is 0 Å². The molecule has 0 amide bonds. The Balaban J connectivity index is 2.89. The minimum absolute atomic E-state index is 0.131. The second kappa shape index (κ2) is 5.88. The Hall–Kier alpha value is -0.530. The predicted octanol–water partition coefficient (Wildman–Crippen LogP) is 1.92. The molecule has 0 aliphatic carbocycles. The van der Waals surface area contributed by atoms with Crippen LogP contribution in [0.2, 0.25) is 0 Å². The van der Waals surface area contributed by atoms with E-state index in [1.165, 1.54) is 0 Å². The highest BCUT2D eigenvalue weighted by Crippen LogP contribution is 2.12. The largest absolute Gasteiger partial charge is 0.260 e. The van der Waals surface area contributed by atoms with Crippen LogP contribution in [0.15, 0.2) is 23.4 Å². The molecule has 0 radical (unpaired) electrons. The molecule has 96 valence electrons. The lowest BCUT2D eigenvalue weighted by atomic mass is 10.1. The molecule has 2 unspecified atom stereocenters. The van der Waals surface area contributed by atoms with E-state index in [9.17, 15) is 12.8 Å². The Morgan fingerprint density at radius 1 is 1.47 bits per heavy atom. The number of sulfonamides is 1. The van der Waals surface area contributed by atoms with Gasteiger partial charge >= 0.3 is 0 Å². The van der Waals surface area contributed by atoms with Crippen LogP contribution in [0, 0.1) is 11.7 Å². The summed E-state index contributed by atoms with van der Waals surface area (Å²) >= 11 is 3.28. The van der Waals surface area contributed by atoms with Crippen LogP contribution in [0.4, 0.5) is 4.39 Å². The lowest BCUT2D eigenvalue weighted by Gasteiger charge is -2.19. The van der Waals surface area contributed by atoms with Gasteiger partial charge in [-0.05, 0) is 18.9 Å². The van der Waals surface area contributed by atoms with Gasteiger partial charge in [-0.15, -0.1) is 0 Å². The summed E-state index contributed by atoms with van der Waals surface area (Å²) < 4.78 is 39.1. The molecule has 0 fully saturated rings. The third-order valence-electron chi connectivity index (χ3n) is 2.43. The van der Waals surface area contributed by atoms with E-state index in [4.69, 9.17) is 0 Å². The van der Waals surface area contributed by atoms with Crippen LogP contribution >= 0.6 is 15.9 Å². The first-order valence-corrected chi connectivity index (χ1v) is 7.66. The van der Waals surface area contributed by atoms with Crippen molar-refractivity contribution in [3.63, 3.8) is 0 Å². The molecule has 0 aliphatic heterocycles. The maximum atomic E-state index is 12.9. The fraction of sp³-hybridized carbons (Fsp3) is 0.500. The van der Waals surface area contributed by atoms with Gasteiger partial charge in [0.25, 0.3) is 0 Å². The van der Waals surface area contributed by atoms with E-state index < -0.39 is 15.8 Å². The fourth-order valence-corrected chi connectivity index (χ4v) is 2.99. The normalized spacial score (nSPS) is 15.5. The van der Waals surface area contributed by atoms with Crippen molar-refractivity contribution in [1.29, 1.82) is 0 Å². The Morgan fingerprint density at radius 3 is 2.65 bits per heavy atom. The van der Waals surface area contributed by atoms with Crippen molar-refractivity contribution in [3.8, 4) is 0 Å². The van der Waals surface area contributed by atoms with Gasteiger partial charge in [-0.2, -0.15) is 0 Å². The molecule has 1 aromatic heterocycles. The molecular formula is C10H14BrFN2O2S. The van der Waals surface area contributed by atoms with E-state index in [-0.39, 0.29) is 16.9 Å². The third kappa shape index (κ3) is 4.01. The van der Waals surface area contributed by atoms with Gasteiger partial charge in [0.1, 0.15) is 10.7 Å². The molecule has 0 saturated carbocycles. The molecule has 2 atom stereocenters. The number of nitrogens with one attached hydrogen (secondary N) is 1. The summed E-state index contributed by atoms with van der Waals surface area (Å²) in [7, 11) is -3.71. The van der Waals surface area contributed by atoms with E-state index in [1.54, 1.807) is 6.92 Å².